The Kier molecular flexibility index (Phi) is 6.04. The number of fused-ring (bicyclic) bond motifs is 1. The molecule has 0 amide bonds. The number of benzene rings is 1. The first-order valence-corrected chi connectivity index (χ1v) is 13.0. The first kappa shape index (κ1) is 24.6. The van der Waals surface area contributed by atoms with E-state index in [1.54, 1.807) is 26.8 Å². The van der Waals surface area contributed by atoms with E-state index in [1.165, 1.54) is 11.1 Å². The highest BCUT2D eigenvalue weighted by Gasteiger charge is 2.51. The van der Waals surface area contributed by atoms with Gasteiger partial charge >= 0.3 is 13.5 Å². The molecule has 1 fully saturated rings. The van der Waals surface area contributed by atoms with Gasteiger partial charge in [-0.05, 0) is 22.5 Å². The normalized spacial score (nSPS) is 33.2. The molecule has 2 unspecified atom stereocenters. The van der Waals surface area contributed by atoms with Crippen LogP contribution in [0.3, 0.4) is 0 Å². The maximum Gasteiger partial charge on any atom is 0.533 e. The quantitative estimate of drug-likeness (QED) is 0.522. The van der Waals surface area contributed by atoms with Crippen LogP contribution in [0, 0.1) is 5.82 Å². The molecule has 38 heavy (non-hydrogen) atoms. The Bertz CT molecular complexity index is 1560. The van der Waals surface area contributed by atoms with E-state index < -0.39 is 73.2 Å². The van der Waals surface area contributed by atoms with Crippen molar-refractivity contribution in [3.05, 3.63) is 61.7 Å². The lowest BCUT2D eigenvalue weighted by molar-refractivity contribution is -0.180. The molecule has 1 aromatic carbocycles. The third-order valence-electron chi connectivity index (χ3n) is 5.91. The van der Waals surface area contributed by atoms with Crippen LogP contribution in [-0.4, -0.2) is 33.2 Å². The summed E-state index contributed by atoms with van der Waals surface area (Å²) in [5.74, 6) is -5.69. The van der Waals surface area contributed by atoms with Crippen molar-refractivity contribution in [2.45, 2.75) is 83.3 Å². The molecule has 10 nitrogen and oxygen atoms in total. The number of aliphatic hydroxyl groups is 1. The number of phosphoric ester groups is 1. The van der Waals surface area contributed by atoms with Crippen LogP contribution in [0.4, 0.5) is 13.2 Å². The van der Waals surface area contributed by atoms with Gasteiger partial charge in [0.2, 0.25) is 18.0 Å². The highest BCUT2D eigenvalue weighted by molar-refractivity contribution is 7.49. The summed E-state index contributed by atoms with van der Waals surface area (Å²) >= 11 is 0. The number of alkyl halides is 2. The smallest absolute Gasteiger partial charge is 0.403 e. The lowest BCUT2D eigenvalue weighted by Gasteiger charge is -2.34. The summed E-state index contributed by atoms with van der Waals surface area (Å²) in [4.78, 5) is 25.0. The number of nitrogens with one attached hydrogen (secondary N) is 1. The van der Waals surface area contributed by atoms with E-state index in [4.69, 9.17) is 22.4 Å². The van der Waals surface area contributed by atoms with Crippen LogP contribution in [-0.2, 0) is 29.2 Å². The third-order valence-corrected chi connectivity index (χ3v) is 7.08. The second-order valence-electron chi connectivity index (χ2n) is 11.1. The van der Waals surface area contributed by atoms with Crippen LogP contribution in [0.2, 0.25) is 0 Å². The topological polar surface area (TPSA) is 129 Å². The van der Waals surface area contributed by atoms with Crippen molar-refractivity contribution in [1.82, 2.24) is 9.55 Å². The second-order valence-corrected chi connectivity index (χ2v) is 12.6. The minimum atomic E-state index is -5.32. The van der Waals surface area contributed by atoms with E-state index in [-0.39, 0.29) is 22.1 Å². The van der Waals surface area contributed by atoms with E-state index in [9.17, 15) is 23.7 Å². The fourth-order valence-electron chi connectivity index (χ4n) is 3.87. The Morgan fingerprint density at radius 3 is 2.55 bits per heavy atom. The van der Waals surface area contributed by atoms with Crippen LogP contribution in [0.5, 0.6) is 5.75 Å². The van der Waals surface area contributed by atoms with Crippen molar-refractivity contribution in [2.24, 2.45) is 0 Å². The maximum absolute atomic E-state index is 16.0. The van der Waals surface area contributed by atoms with E-state index in [2.05, 4.69) is 0 Å². The number of aromatic amines is 1. The summed E-state index contributed by atoms with van der Waals surface area (Å²) in [6, 6.07) is 3.15. The number of aliphatic hydroxyl groups excluding tert-OH is 1. The first-order valence-electron chi connectivity index (χ1n) is 13.0. The number of hydrogen-bond acceptors (Lipinski definition) is 8. The zero-order valence-electron chi connectivity index (χ0n) is 24.4. The molecular formula is C24H30F3N2O8P. The van der Waals surface area contributed by atoms with Crippen LogP contribution < -0.4 is 15.8 Å². The Balaban J connectivity index is 1.71. The summed E-state index contributed by atoms with van der Waals surface area (Å²) in [5, 5.41) is 10.4. The molecule has 0 radical (unpaired) electrons. The van der Waals surface area contributed by atoms with E-state index in [1.807, 2.05) is 20.8 Å². The molecule has 0 aliphatic carbocycles. The van der Waals surface area contributed by atoms with Gasteiger partial charge in [0.25, 0.3) is 5.56 Å². The molecule has 210 valence electrons. The predicted octanol–water partition coefficient (Wildman–Crippen LogP) is 4.42. The maximum atomic E-state index is 16.0. The van der Waals surface area contributed by atoms with Gasteiger partial charge in [0.15, 0.2) is 6.20 Å². The van der Waals surface area contributed by atoms with Gasteiger partial charge in [-0.2, -0.15) is 4.39 Å². The molecule has 5 atom stereocenters. The number of H-pyrrole nitrogens is 1. The monoisotopic (exact) mass is 565 g/mol. The van der Waals surface area contributed by atoms with Crippen molar-refractivity contribution in [3.63, 3.8) is 0 Å². The fraction of sp³-hybridized carbons (Fsp3) is 0.583. The van der Waals surface area contributed by atoms with Crippen molar-refractivity contribution in [2.75, 3.05) is 6.56 Å². The number of ether oxygens (including phenoxy) is 1. The summed E-state index contributed by atoms with van der Waals surface area (Å²) in [7, 11) is -5.32. The van der Waals surface area contributed by atoms with Gasteiger partial charge in [-0.15, -0.1) is 0 Å². The molecule has 2 N–H and O–H groups in total. The van der Waals surface area contributed by atoms with E-state index >= 15 is 8.78 Å². The minimum absolute atomic E-state index is 0.00220. The number of halogens is 3. The van der Waals surface area contributed by atoms with E-state index in [0.717, 1.165) is 0 Å². The van der Waals surface area contributed by atoms with Gasteiger partial charge in [0.05, 0.1) is 15.9 Å². The van der Waals surface area contributed by atoms with Gasteiger partial charge in [-0.1, -0.05) is 47.6 Å². The van der Waals surface area contributed by atoms with Crippen LogP contribution in [0.1, 0.15) is 81.3 Å². The predicted molar refractivity (Wildman–Crippen MR) is 129 cm³/mol. The standard InChI is InChI=1S/C24H30F3N2O8P/c1-22(2,3)12-7-13-17(14(8-12)23(4,5)6)36-38(33,37-18(13)26)34-11-24(27)9-16(30)20(35-24)29-10-15(25)19(31)28-21(29)32/h7-8,10,16,18,20,30H,9,11H2,1-6H3,(H,28,31,32)/t16-,18?,20-,24+,38?/m1/s1/i11D2,20D. The summed E-state index contributed by atoms with van der Waals surface area (Å²) in [6.45, 7) is 7.10. The average molecular weight is 565 g/mol. The van der Waals surface area contributed by atoms with Crippen molar-refractivity contribution in [3.8, 4) is 5.75 Å². The van der Waals surface area contributed by atoms with Gasteiger partial charge in [-0.25, -0.2) is 22.7 Å². The average Bonchev–Trinajstić information content (AvgIpc) is 3.03. The molecule has 2 aromatic rings. The Labute approximate surface area is 220 Å². The zero-order chi connectivity index (χ0) is 31.1. The minimum Gasteiger partial charge on any atom is -0.403 e. The summed E-state index contributed by atoms with van der Waals surface area (Å²) in [5.41, 5.74) is -3.18. The van der Waals surface area contributed by atoms with Crippen LogP contribution in [0.25, 0.3) is 0 Å². The molecule has 3 heterocycles. The van der Waals surface area contributed by atoms with Crippen molar-refractivity contribution >= 4 is 7.82 Å². The summed E-state index contributed by atoms with van der Waals surface area (Å²) < 4.78 is 103. The first-order chi connectivity index (χ1) is 18.4. The lowest BCUT2D eigenvalue weighted by Crippen LogP contribution is -2.37. The van der Waals surface area contributed by atoms with Crippen LogP contribution in [0.15, 0.2) is 27.9 Å². The van der Waals surface area contributed by atoms with Crippen molar-refractivity contribution < 1.29 is 45.3 Å². The Morgan fingerprint density at radius 2 is 1.95 bits per heavy atom. The third kappa shape index (κ3) is 5.48. The Hall–Kier alpha value is -2.44. The Morgan fingerprint density at radius 1 is 1.29 bits per heavy atom. The van der Waals surface area contributed by atoms with Crippen LogP contribution >= 0.6 is 7.82 Å². The van der Waals surface area contributed by atoms with Gasteiger partial charge in [0.1, 0.15) is 18.4 Å². The van der Waals surface area contributed by atoms with Crippen molar-refractivity contribution in [1.29, 1.82) is 0 Å². The SMILES string of the molecule is [2H]C([2H])(OP1(=O)Oc2c(cc(C(C)(C)C)cc2C(C)(C)C)C(F)O1)[C@]1(F)C[C@@H](O)[C@]([2H])(n2cc(F)c(=O)[nH]c2=O)O1. The number of phosphoric acid groups is 1. The molecule has 2 aliphatic rings. The molecule has 14 heteroatoms. The second kappa shape index (κ2) is 9.34. The number of aromatic nitrogens is 2. The molecule has 0 bridgehead atoms. The lowest BCUT2D eigenvalue weighted by atomic mass is 9.79. The highest BCUT2D eigenvalue weighted by Crippen LogP contribution is 2.61. The largest absolute Gasteiger partial charge is 0.533 e. The highest BCUT2D eigenvalue weighted by atomic mass is 31.2. The molecule has 4 rings (SSSR count). The molecule has 1 saturated heterocycles. The molecule has 0 spiro atoms. The van der Waals surface area contributed by atoms with Gasteiger partial charge in [0, 0.05) is 12.0 Å². The van der Waals surface area contributed by atoms with Gasteiger partial charge in [-0.3, -0.25) is 18.9 Å². The number of nitrogens with zero attached hydrogens (tertiary/aromatic N) is 1. The van der Waals surface area contributed by atoms with E-state index in [0.29, 0.717) is 11.1 Å². The molecule has 2 aliphatic heterocycles. The fourth-order valence-corrected chi connectivity index (χ4v) is 5.01. The number of rotatable bonds is 4. The zero-order valence-corrected chi connectivity index (χ0v) is 22.3. The number of hydrogen-bond donors (Lipinski definition) is 2. The molecule has 1 aromatic heterocycles. The summed E-state index contributed by atoms with van der Waals surface area (Å²) in [6.07, 6.45) is -9.25. The van der Waals surface area contributed by atoms with Gasteiger partial charge < -0.3 is 14.4 Å². The molecule has 0 saturated carbocycles. The molecular weight excluding hydrogens is 532 g/mol.